The van der Waals surface area contributed by atoms with Crippen LogP contribution in [0.2, 0.25) is 0 Å². The molecule has 0 fully saturated rings. The maximum Gasteiger partial charge on any atom is 0.144 e. The van der Waals surface area contributed by atoms with E-state index in [9.17, 15) is 0 Å². The van der Waals surface area contributed by atoms with E-state index in [4.69, 9.17) is 10.00 Å². The van der Waals surface area contributed by atoms with Crippen molar-refractivity contribution in [2.45, 2.75) is 19.8 Å². The number of nitriles is 1. The minimum atomic E-state index is 0.348. The minimum absolute atomic E-state index is 0.348. The summed E-state index contributed by atoms with van der Waals surface area (Å²) in [6.07, 6.45) is 1.57. The molecule has 4 heteroatoms. The van der Waals surface area contributed by atoms with Crippen molar-refractivity contribution in [1.82, 2.24) is 4.98 Å². The molecule has 0 unspecified atom stereocenters. The first-order chi connectivity index (χ1) is 9.10. The summed E-state index contributed by atoms with van der Waals surface area (Å²) in [4.78, 5) is 3.92. The van der Waals surface area contributed by atoms with Crippen molar-refractivity contribution in [1.29, 1.82) is 5.26 Å². The van der Waals surface area contributed by atoms with Crippen molar-refractivity contribution in [2.75, 3.05) is 0 Å². The number of aromatic nitrogens is 1. The first-order valence-corrected chi connectivity index (χ1v) is 6.73. The number of hydrogen-bond donors (Lipinski definition) is 0. The standard InChI is InChI=1S/C15H13BrN2O/c1-10(2)14-7-11(16)3-4-15(14)19-13-5-6-18-12(8-13)9-17/h3-8,10H,1-2H3. The van der Waals surface area contributed by atoms with E-state index in [-0.39, 0.29) is 0 Å². The molecule has 1 heterocycles. The third kappa shape index (κ3) is 3.33. The molecule has 0 aliphatic rings. The Morgan fingerprint density at radius 3 is 2.74 bits per heavy atom. The van der Waals surface area contributed by atoms with Crippen molar-refractivity contribution < 1.29 is 4.74 Å². The van der Waals surface area contributed by atoms with Crippen LogP contribution < -0.4 is 4.74 Å². The number of ether oxygens (including phenoxy) is 1. The van der Waals surface area contributed by atoms with Crippen LogP contribution in [0.5, 0.6) is 11.5 Å². The zero-order valence-corrected chi connectivity index (χ0v) is 12.3. The molecule has 0 spiro atoms. The predicted molar refractivity (Wildman–Crippen MR) is 77.3 cm³/mol. The van der Waals surface area contributed by atoms with Crippen LogP contribution in [0.15, 0.2) is 41.0 Å². The van der Waals surface area contributed by atoms with Gasteiger partial charge in [-0.15, -0.1) is 0 Å². The number of benzene rings is 1. The van der Waals surface area contributed by atoms with Crippen molar-refractivity contribution in [3.05, 3.63) is 52.3 Å². The van der Waals surface area contributed by atoms with Crippen LogP contribution in [0.25, 0.3) is 0 Å². The summed E-state index contributed by atoms with van der Waals surface area (Å²) < 4.78 is 6.88. The molecule has 0 N–H and O–H groups in total. The smallest absolute Gasteiger partial charge is 0.144 e. The van der Waals surface area contributed by atoms with Gasteiger partial charge in [-0.1, -0.05) is 29.8 Å². The van der Waals surface area contributed by atoms with E-state index >= 15 is 0 Å². The lowest BCUT2D eigenvalue weighted by Crippen LogP contribution is -1.95. The highest BCUT2D eigenvalue weighted by molar-refractivity contribution is 9.10. The lowest BCUT2D eigenvalue weighted by Gasteiger charge is -2.14. The Labute approximate surface area is 121 Å². The second kappa shape index (κ2) is 5.85. The van der Waals surface area contributed by atoms with E-state index < -0.39 is 0 Å². The number of rotatable bonds is 3. The molecule has 0 saturated heterocycles. The molecular formula is C15H13BrN2O. The van der Waals surface area contributed by atoms with Gasteiger partial charge in [0.2, 0.25) is 0 Å². The molecule has 3 nitrogen and oxygen atoms in total. The fourth-order valence-electron chi connectivity index (χ4n) is 1.73. The lowest BCUT2D eigenvalue weighted by molar-refractivity contribution is 0.472. The van der Waals surface area contributed by atoms with Crippen molar-refractivity contribution in [3.63, 3.8) is 0 Å². The van der Waals surface area contributed by atoms with Crippen LogP contribution in [-0.4, -0.2) is 4.98 Å². The quantitative estimate of drug-likeness (QED) is 0.829. The van der Waals surface area contributed by atoms with Crippen LogP contribution in [0.3, 0.4) is 0 Å². The summed E-state index contributed by atoms with van der Waals surface area (Å²) in [5.41, 5.74) is 1.46. The molecule has 0 bridgehead atoms. The molecule has 96 valence electrons. The van der Waals surface area contributed by atoms with Gasteiger partial charge >= 0.3 is 0 Å². The summed E-state index contributed by atoms with van der Waals surface area (Å²) >= 11 is 3.46. The molecule has 0 amide bonds. The van der Waals surface area contributed by atoms with Gasteiger partial charge in [-0.05, 0) is 35.7 Å². The van der Waals surface area contributed by atoms with Crippen molar-refractivity contribution >= 4 is 15.9 Å². The summed E-state index contributed by atoms with van der Waals surface area (Å²) in [7, 11) is 0. The third-order valence-electron chi connectivity index (χ3n) is 2.67. The monoisotopic (exact) mass is 316 g/mol. The highest BCUT2D eigenvalue weighted by Gasteiger charge is 2.10. The van der Waals surface area contributed by atoms with Gasteiger partial charge in [0.25, 0.3) is 0 Å². The van der Waals surface area contributed by atoms with Crippen LogP contribution in [0, 0.1) is 11.3 Å². The lowest BCUT2D eigenvalue weighted by atomic mass is 10.0. The van der Waals surface area contributed by atoms with E-state index in [1.54, 1.807) is 18.3 Å². The summed E-state index contributed by atoms with van der Waals surface area (Å²) in [6, 6.07) is 11.3. The van der Waals surface area contributed by atoms with Crippen LogP contribution in [0.1, 0.15) is 31.0 Å². The largest absolute Gasteiger partial charge is 0.457 e. The van der Waals surface area contributed by atoms with Gasteiger partial charge in [0.1, 0.15) is 23.3 Å². The van der Waals surface area contributed by atoms with E-state index in [0.29, 0.717) is 17.4 Å². The summed E-state index contributed by atoms with van der Waals surface area (Å²) in [5, 5.41) is 8.83. The average Bonchev–Trinajstić information content (AvgIpc) is 2.41. The van der Waals surface area contributed by atoms with Crippen LogP contribution in [0.4, 0.5) is 0 Å². The zero-order chi connectivity index (χ0) is 13.8. The van der Waals surface area contributed by atoms with Gasteiger partial charge < -0.3 is 4.74 Å². The molecule has 19 heavy (non-hydrogen) atoms. The molecule has 0 saturated carbocycles. The third-order valence-corrected chi connectivity index (χ3v) is 3.16. The van der Waals surface area contributed by atoms with Gasteiger partial charge in [0.15, 0.2) is 0 Å². The van der Waals surface area contributed by atoms with Gasteiger partial charge in [-0.25, -0.2) is 4.98 Å². The zero-order valence-electron chi connectivity index (χ0n) is 10.7. The van der Waals surface area contributed by atoms with E-state index in [2.05, 4.69) is 34.8 Å². The molecule has 0 atom stereocenters. The SMILES string of the molecule is CC(C)c1cc(Br)ccc1Oc1ccnc(C#N)c1. The van der Waals surface area contributed by atoms with E-state index in [1.807, 2.05) is 24.3 Å². The fourth-order valence-corrected chi connectivity index (χ4v) is 2.10. The van der Waals surface area contributed by atoms with Gasteiger partial charge in [0, 0.05) is 16.7 Å². The highest BCUT2D eigenvalue weighted by Crippen LogP contribution is 2.32. The van der Waals surface area contributed by atoms with Gasteiger partial charge in [-0.2, -0.15) is 5.26 Å². The second-order valence-electron chi connectivity index (χ2n) is 4.43. The maximum atomic E-state index is 8.83. The maximum absolute atomic E-state index is 8.83. The number of nitrogens with zero attached hydrogens (tertiary/aromatic N) is 2. The number of hydrogen-bond acceptors (Lipinski definition) is 3. The Hall–Kier alpha value is -1.86. The van der Waals surface area contributed by atoms with Gasteiger partial charge in [0.05, 0.1) is 0 Å². The fraction of sp³-hybridized carbons (Fsp3) is 0.200. The predicted octanol–water partition coefficient (Wildman–Crippen LogP) is 4.63. The number of pyridine rings is 1. The van der Waals surface area contributed by atoms with E-state index in [1.165, 1.54) is 0 Å². The highest BCUT2D eigenvalue weighted by atomic mass is 79.9. The van der Waals surface area contributed by atoms with Gasteiger partial charge in [-0.3, -0.25) is 0 Å². The molecule has 1 aromatic carbocycles. The van der Waals surface area contributed by atoms with Crippen LogP contribution >= 0.6 is 15.9 Å². The Balaban J connectivity index is 2.35. The minimum Gasteiger partial charge on any atom is -0.457 e. The van der Waals surface area contributed by atoms with Crippen molar-refractivity contribution in [3.8, 4) is 17.6 Å². The van der Waals surface area contributed by atoms with Crippen LogP contribution in [-0.2, 0) is 0 Å². The first-order valence-electron chi connectivity index (χ1n) is 5.93. The van der Waals surface area contributed by atoms with E-state index in [0.717, 1.165) is 15.8 Å². The normalized spacial score (nSPS) is 10.3. The molecular weight excluding hydrogens is 304 g/mol. The molecule has 0 aliphatic carbocycles. The molecule has 0 radical (unpaired) electrons. The molecule has 2 rings (SSSR count). The Morgan fingerprint density at radius 2 is 2.05 bits per heavy atom. The summed E-state index contributed by atoms with van der Waals surface area (Å²) in [6.45, 7) is 4.23. The average molecular weight is 317 g/mol. The topological polar surface area (TPSA) is 45.9 Å². The Bertz CT molecular complexity index is 632. The molecule has 1 aromatic heterocycles. The Morgan fingerprint density at radius 1 is 1.26 bits per heavy atom. The van der Waals surface area contributed by atoms with Crippen molar-refractivity contribution in [2.24, 2.45) is 0 Å². The second-order valence-corrected chi connectivity index (χ2v) is 5.34. The Kier molecular flexibility index (Phi) is 4.18. The number of halogens is 1. The summed E-state index contributed by atoms with van der Waals surface area (Å²) in [5.74, 6) is 1.77. The first kappa shape index (κ1) is 13.6. The molecule has 0 aliphatic heterocycles. The molecule has 2 aromatic rings.